The van der Waals surface area contributed by atoms with E-state index in [9.17, 15) is 4.79 Å². The second-order valence-corrected chi connectivity index (χ2v) is 5.34. The minimum atomic E-state index is -0.423. The van der Waals surface area contributed by atoms with Crippen molar-refractivity contribution < 1.29 is 9.53 Å². The number of benzene rings is 1. The lowest BCUT2D eigenvalue weighted by molar-refractivity contribution is -0.120. The Balaban J connectivity index is 2.91. The van der Waals surface area contributed by atoms with Crippen LogP contribution in [0.25, 0.3) is 0 Å². The van der Waals surface area contributed by atoms with Crippen molar-refractivity contribution in [3.8, 4) is 11.8 Å². The molecule has 0 aliphatic rings. The number of carbonyl (C=O) groups is 1. The first-order valence-electron chi connectivity index (χ1n) is 6.26. The van der Waals surface area contributed by atoms with Crippen LogP contribution in [0.1, 0.15) is 38.3 Å². The van der Waals surface area contributed by atoms with Gasteiger partial charge in [0.05, 0.1) is 19.4 Å². The summed E-state index contributed by atoms with van der Waals surface area (Å²) in [4.78, 5) is 11.1. The molecule has 0 aromatic heterocycles. The van der Waals surface area contributed by atoms with E-state index in [1.165, 1.54) is 0 Å². The van der Waals surface area contributed by atoms with Crippen LogP contribution in [0, 0.1) is 11.3 Å². The Kier molecular flexibility index (Phi) is 5.27. The largest absolute Gasteiger partial charge is 0.496 e. The van der Waals surface area contributed by atoms with Gasteiger partial charge in [-0.25, -0.2) is 5.43 Å². The van der Waals surface area contributed by atoms with Gasteiger partial charge in [-0.2, -0.15) is 10.4 Å². The highest BCUT2D eigenvalue weighted by atomic mass is 16.5. The summed E-state index contributed by atoms with van der Waals surface area (Å²) in [5.41, 5.74) is 4.16. The summed E-state index contributed by atoms with van der Waals surface area (Å²) in [5, 5.41) is 12.2. The molecule has 0 saturated heterocycles. The maximum Gasteiger partial charge on any atom is 0.254 e. The fourth-order valence-corrected chi connectivity index (χ4v) is 1.68. The van der Waals surface area contributed by atoms with E-state index in [1.54, 1.807) is 19.4 Å². The SMILES string of the molecule is COc1ccc(/C=N\NC(=O)CC#N)cc1C(C)(C)C. The zero-order valence-corrected chi connectivity index (χ0v) is 12.2. The number of hydrazone groups is 1. The van der Waals surface area contributed by atoms with Gasteiger partial charge in [0.15, 0.2) is 0 Å². The van der Waals surface area contributed by atoms with Gasteiger partial charge in [0.25, 0.3) is 5.91 Å². The minimum Gasteiger partial charge on any atom is -0.496 e. The van der Waals surface area contributed by atoms with Crippen molar-refractivity contribution in [2.24, 2.45) is 5.10 Å². The van der Waals surface area contributed by atoms with E-state index >= 15 is 0 Å². The number of hydrogen-bond donors (Lipinski definition) is 1. The highest BCUT2D eigenvalue weighted by Crippen LogP contribution is 2.31. The molecule has 1 rings (SSSR count). The number of nitrogens with zero attached hydrogens (tertiary/aromatic N) is 2. The summed E-state index contributed by atoms with van der Waals surface area (Å²) in [5.74, 6) is 0.400. The second kappa shape index (κ2) is 6.71. The standard InChI is InChI=1S/C15H19N3O2/c1-15(2,3)12-9-11(5-6-13(12)20-4)10-17-18-14(19)7-8-16/h5-6,9-10H,7H2,1-4H3,(H,18,19)/b17-10-. The normalized spacial score (nSPS) is 11.2. The quantitative estimate of drug-likeness (QED) is 0.676. The van der Waals surface area contributed by atoms with Gasteiger partial charge in [-0.3, -0.25) is 4.79 Å². The zero-order valence-electron chi connectivity index (χ0n) is 12.2. The molecule has 1 aromatic carbocycles. The van der Waals surface area contributed by atoms with Crippen molar-refractivity contribution in [3.63, 3.8) is 0 Å². The molecule has 0 radical (unpaired) electrons. The lowest BCUT2D eigenvalue weighted by Gasteiger charge is -2.22. The van der Waals surface area contributed by atoms with E-state index in [2.05, 4.69) is 31.3 Å². The Morgan fingerprint density at radius 3 is 2.75 bits per heavy atom. The average Bonchev–Trinajstić information content (AvgIpc) is 2.38. The van der Waals surface area contributed by atoms with Crippen molar-refractivity contribution in [2.45, 2.75) is 32.6 Å². The number of hydrogen-bond acceptors (Lipinski definition) is 4. The highest BCUT2D eigenvalue weighted by molar-refractivity contribution is 5.83. The summed E-state index contributed by atoms with van der Waals surface area (Å²) in [7, 11) is 1.64. The fraction of sp³-hybridized carbons (Fsp3) is 0.400. The van der Waals surface area contributed by atoms with Gasteiger partial charge < -0.3 is 4.74 Å². The third-order valence-electron chi connectivity index (χ3n) is 2.67. The number of ether oxygens (including phenoxy) is 1. The van der Waals surface area contributed by atoms with E-state index in [0.29, 0.717) is 0 Å². The monoisotopic (exact) mass is 273 g/mol. The molecule has 0 heterocycles. The average molecular weight is 273 g/mol. The van der Waals surface area contributed by atoms with Crippen molar-refractivity contribution in [3.05, 3.63) is 29.3 Å². The molecule has 1 N–H and O–H groups in total. The minimum absolute atomic E-state index is 0.0563. The number of nitriles is 1. The fourth-order valence-electron chi connectivity index (χ4n) is 1.68. The van der Waals surface area contributed by atoms with Gasteiger partial charge in [0.2, 0.25) is 0 Å². The molecule has 0 fully saturated rings. The number of rotatable bonds is 4. The van der Waals surface area contributed by atoms with Gasteiger partial charge in [-0.1, -0.05) is 20.8 Å². The molecule has 0 aliphatic heterocycles. The molecular weight excluding hydrogens is 254 g/mol. The molecule has 20 heavy (non-hydrogen) atoms. The zero-order chi connectivity index (χ0) is 15.2. The van der Waals surface area contributed by atoms with Gasteiger partial charge >= 0.3 is 0 Å². The molecule has 5 nitrogen and oxygen atoms in total. The Hall–Kier alpha value is -2.35. The number of methoxy groups -OCH3 is 1. The topological polar surface area (TPSA) is 74.5 Å². The maximum absolute atomic E-state index is 11.1. The molecule has 0 aliphatic carbocycles. The predicted molar refractivity (Wildman–Crippen MR) is 77.7 cm³/mol. The number of carbonyl (C=O) groups excluding carboxylic acids is 1. The molecule has 106 valence electrons. The first-order chi connectivity index (χ1) is 9.38. The number of amides is 1. The van der Waals surface area contributed by atoms with Crippen molar-refractivity contribution in [2.75, 3.05) is 7.11 Å². The molecule has 0 bridgehead atoms. The Morgan fingerprint density at radius 2 is 2.20 bits per heavy atom. The predicted octanol–water partition coefficient (Wildman–Crippen LogP) is 2.36. The van der Waals surface area contributed by atoms with Crippen LogP contribution in [0.15, 0.2) is 23.3 Å². The van der Waals surface area contributed by atoms with Gasteiger partial charge in [0, 0.05) is 5.56 Å². The van der Waals surface area contributed by atoms with E-state index in [1.807, 2.05) is 18.2 Å². The molecule has 0 spiro atoms. The third kappa shape index (κ3) is 4.39. The summed E-state index contributed by atoms with van der Waals surface area (Å²) < 4.78 is 5.35. The highest BCUT2D eigenvalue weighted by Gasteiger charge is 2.18. The molecule has 1 aromatic rings. The van der Waals surface area contributed by atoms with Crippen LogP contribution in [0.2, 0.25) is 0 Å². The van der Waals surface area contributed by atoms with Crippen LogP contribution >= 0.6 is 0 Å². The van der Waals surface area contributed by atoms with Crippen LogP contribution in [0.3, 0.4) is 0 Å². The summed E-state index contributed by atoms with van der Waals surface area (Å²) in [6, 6.07) is 7.46. The van der Waals surface area contributed by atoms with Crippen LogP contribution in [-0.4, -0.2) is 19.2 Å². The first-order valence-corrected chi connectivity index (χ1v) is 6.26. The van der Waals surface area contributed by atoms with Crippen molar-refractivity contribution >= 4 is 12.1 Å². The van der Waals surface area contributed by atoms with Crippen molar-refractivity contribution in [1.82, 2.24) is 5.43 Å². The maximum atomic E-state index is 11.1. The van der Waals surface area contributed by atoms with E-state index in [4.69, 9.17) is 10.00 Å². The Labute approximate surface area is 119 Å². The van der Waals surface area contributed by atoms with Gasteiger partial charge in [-0.05, 0) is 29.2 Å². The summed E-state index contributed by atoms with van der Waals surface area (Å²) >= 11 is 0. The molecule has 0 atom stereocenters. The van der Waals surface area contributed by atoms with E-state index in [0.717, 1.165) is 16.9 Å². The van der Waals surface area contributed by atoms with Gasteiger partial charge in [-0.15, -0.1) is 0 Å². The Bertz CT molecular complexity index is 551. The second-order valence-electron chi connectivity index (χ2n) is 5.34. The molecular formula is C15H19N3O2. The molecule has 1 amide bonds. The summed E-state index contributed by atoms with van der Waals surface area (Å²) in [6.07, 6.45) is 1.34. The van der Waals surface area contributed by atoms with Gasteiger partial charge in [0.1, 0.15) is 12.2 Å². The Morgan fingerprint density at radius 1 is 1.50 bits per heavy atom. The molecule has 0 unspecified atom stereocenters. The smallest absolute Gasteiger partial charge is 0.254 e. The van der Waals surface area contributed by atoms with Crippen LogP contribution in [-0.2, 0) is 10.2 Å². The number of nitrogens with one attached hydrogen (secondary N) is 1. The van der Waals surface area contributed by atoms with Crippen LogP contribution in [0.5, 0.6) is 5.75 Å². The van der Waals surface area contributed by atoms with Crippen LogP contribution < -0.4 is 10.2 Å². The van der Waals surface area contributed by atoms with E-state index < -0.39 is 5.91 Å². The summed E-state index contributed by atoms with van der Waals surface area (Å²) in [6.45, 7) is 6.29. The van der Waals surface area contributed by atoms with E-state index in [-0.39, 0.29) is 11.8 Å². The molecule has 5 heteroatoms. The molecule has 0 saturated carbocycles. The third-order valence-corrected chi connectivity index (χ3v) is 2.67. The van der Waals surface area contributed by atoms with Crippen molar-refractivity contribution in [1.29, 1.82) is 5.26 Å². The lowest BCUT2D eigenvalue weighted by atomic mass is 9.85. The first kappa shape index (κ1) is 15.7. The lowest BCUT2D eigenvalue weighted by Crippen LogP contribution is -2.16. The van der Waals surface area contributed by atoms with Crippen LogP contribution in [0.4, 0.5) is 0 Å².